The molecule has 0 N–H and O–H groups in total. The number of hydrogen-bond acceptors (Lipinski definition) is 5. The lowest BCUT2D eigenvalue weighted by atomic mass is 10.3. The van der Waals surface area contributed by atoms with Gasteiger partial charge in [-0.05, 0) is 22.0 Å². The fourth-order valence-corrected chi connectivity index (χ4v) is 1.95. The van der Waals surface area contributed by atoms with Gasteiger partial charge in [0.05, 0.1) is 15.0 Å². The van der Waals surface area contributed by atoms with Crippen molar-refractivity contribution >= 4 is 33.2 Å². The van der Waals surface area contributed by atoms with E-state index in [1.165, 1.54) is 12.3 Å². The van der Waals surface area contributed by atoms with Crippen LogP contribution in [0.4, 0.5) is 10.1 Å². The smallest absolute Gasteiger partial charge is 0.312 e. The number of ether oxygens (including phenoxy) is 1. The number of rotatable bonds is 3. The van der Waals surface area contributed by atoms with Crippen molar-refractivity contribution in [2.45, 2.75) is 0 Å². The van der Waals surface area contributed by atoms with E-state index in [0.717, 1.165) is 12.1 Å². The molecule has 9 heteroatoms. The molecule has 1 aromatic carbocycles. The summed E-state index contributed by atoms with van der Waals surface area (Å²) in [6.45, 7) is 0. The minimum absolute atomic E-state index is 0.0774. The van der Waals surface area contributed by atoms with Crippen LogP contribution in [0.2, 0.25) is 5.02 Å². The molecule has 1 aromatic heterocycles. The van der Waals surface area contributed by atoms with E-state index in [9.17, 15) is 14.5 Å². The molecular weight excluding hydrogens is 369 g/mol. The number of nitro groups is 1. The fourth-order valence-electron chi connectivity index (χ4n) is 1.43. The SMILES string of the molecule is N#Cc1ccnc(Oc2cc(F)c(Br)cc2[N+](=O)[O-])c1Cl. The van der Waals surface area contributed by atoms with Crippen LogP contribution in [0.15, 0.2) is 28.9 Å². The molecule has 2 aromatic rings. The van der Waals surface area contributed by atoms with Gasteiger partial charge in [0.1, 0.15) is 16.9 Å². The van der Waals surface area contributed by atoms with Gasteiger partial charge in [-0.1, -0.05) is 11.6 Å². The van der Waals surface area contributed by atoms with Crippen molar-refractivity contribution in [2.75, 3.05) is 0 Å². The molecule has 0 atom stereocenters. The molecule has 0 amide bonds. The molecule has 0 spiro atoms. The molecule has 0 radical (unpaired) electrons. The summed E-state index contributed by atoms with van der Waals surface area (Å²) >= 11 is 8.73. The topological polar surface area (TPSA) is 89.0 Å². The zero-order chi connectivity index (χ0) is 15.6. The lowest BCUT2D eigenvalue weighted by molar-refractivity contribution is -0.385. The van der Waals surface area contributed by atoms with Gasteiger partial charge in [-0.3, -0.25) is 10.1 Å². The maximum atomic E-state index is 13.5. The molecule has 21 heavy (non-hydrogen) atoms. The molecule has 0 saturated carbocycles. The molecule has 1 heterocycles. The van der Waals surface area contributed by atoms with Gasteiger partial charge in [-0.2, -0.15) is 5.26 Å². The maximum absolute atomic E-state index is 13.5. The van der Waals surface area contributed by atoms with Gasteiger partial charge in [0.25, 0.3) is 0 Å². The van der Waals surface area contributed by atoms with Gasteiger partial charge in [0.2, 0.25) is 11.6 Å². The third-order valence-electron chi connectivity index (χ3n) is 2.38. The Morgan fingerprint density at radius 1 is 1.52 bits per heavy atom. The van der Waals surface area contributed by atoms with Crippen LogP contribution in [-0.4, -0.2) is 9.91 Å². The first-order valence-corrected chi connectivity index (χ1v) is 6.47. The number of nitro benzene ring substituents is 1. The van der Waals surface area contributed by atoms with Crippen LogP contribution < -0.4 is 4.74 Å². The van der Waals surface area contributed by atoms with Crippen molar-refractivity contribution in [1.29, 1.82) is 5.26 Å². The second-order valence-electron chi connectivity index (χ2n) is 3.68. The lowest BCUT2D eigenvalue weighted by Gasteiger charge is -2.08. The molecule has 0 bridgehead atoms. The summed E-state index contributed by atoms with van der Waals surface area (Å²) in [7, 11) is 0. The van der Waals surface area contributed by atoms with Crippen molar-refractivity contribution in [2.24, 2.45) is 0 Å². The Kier molecular flexibility index (Phi) is 4.35. The average Bonchev–Trinajstić information content (AvgIpc) is 2.44. The molecular formula is C12H4BrClFN3O3. The van der Waals surface area contributed by atoms with E-state index in [1.807, 2.05) is 6.07 Å². The first-order chi connectivity index (χ1) is 9.93. The average molecular weight is 373 g/mol. The number of hydrogen-bond donors (Lipinski definition) is 0. The quantitative estimate of drug-likeness (QED) is 0.595. The number of aromatic nitrogens is 1. The minimum Gasteiger partial charge on any atom is -0.430 e. The fraction of sp³-hybridized carbons (Fsp3) is 0. The highest BCUT2D eigenvalue weighted by molar-refractivity contribution is 9.10. The first kappa shape index (κ1) is 15.2. The highest BCUT2D eigenvalue weighted by Crippen LogP contribution is 2.37. The largest absolute Gasteiger partial charge is 0.430 e. The second kappa shape index (κ2) is 6.03. The lowest BCUT2D eigenvalue weighted by Crippen LogP contribution is -1.97. The van der Waals surface area contributed by atoms with E-state index >= 15 is 0 Å². The van der Waals surface area contributed by atoms with Gasteiger partial charge in [-0.25, -0.2) is 9.37 Å². The zero-order valence-corrected chi connectivity index (χ0v) is 12.4. The van der Waals surface area contributed by atoms with Crippen LogP contribution in [-0.2, 0) is 0 Å². The molecule has 0 aliphatic carbocycles. The van der Waals surface area contributed by atoms with Crippen molar-refractivity contribution in [3.05, 3.63) is 55.4 Å². The summed E-state index contributed by atoms with van der Waals surface area (Å²) < 4.78 is 18.6. The minimum atomic E-state index is -0.747. The third kappa shape index (κ3) is 3.09. The Labute approximate surface area is 131 Å². The Morgan fingerprint density at radius 2 is 2.24 bits per heavy atom. The monoisotopic (exact) mass is 371 g/mol. The molecule has 0 aliphatic heterocycles. The van der Waals surface area contributed by atoms with Crippen LogP contribution >= 0.6 is 27.5 Å². The number of halogens is 3. The summed E-state index contributed by atoms with van der Waals surface area (Å²) in [5.74, 6) is -1.34. The summed E-state index contributed by atoms with van der Waals surface area (Å²) in [6, 6.07) is 4.96. The zero-order valence-electron chi connectivity index (χ0n) is 10.0. The van der Waals surface area contributed by atoms with Gasteiger partial charge < -0.3 is 4.74 Å². The Balaban J connectivity index is 2.52. The molecule has 0 saturated heterocycles. The van der Waals surface area contributed by atoms with Crippen LogP contribution in [0.25, 0.3) is 0 Å². The van der Waals surface area contributed by atoms with Gasteiger partial charge in [0.15, 0.2) is 0 Å². The van der Waals surface area contributed by atoms with Crippen LogP contribution in [0.3, 0.4) is 0 Å². The van der Waals surface area contributed by atoms with Gasteiger partial charge in [-0.15, -0.1) is 0 Å². The molecule has 0 aliphatic rings. The highest BCUT2D eigenvalue weighted by atomic mass is 79.9. The third-order valence-corrected chi connectivity index (χ3v) is 3.36. The molecule has 0 unspecified atom stereocenters. The van der Waals surface area contributed by atoms with E-state index in [2.05, 4.69) is 20.9 Å². The van der Waals surface area contributed by atoms with E-state index in [4.69, 9.17) is 21.6 Å². The van der Waals surface area contributed by atoms with Crippen LogP contribution in [0.1, 0.15) is 5.56 Å². The van der Waals surface area contributed by atoms with Gasteiger partial charge >= 0.3 is 5.69 Å². The molecule has 106 valence electrons. The maximum Gasteiger partial charge on any atom is 0.312 e. The molecule has 6 nitrogen and oxygen atoms in total. The standard InChI is InChI=1S/C12H4BrClFN3O3/c13-7-3-9(18(19)20)10(4-8(7)15)21-12-11(14)6(5-16)1-2-17-12/h1-4H. The summed E-state index contributed by atoms with van der Waals surface area (Å²) in [5.41, 5.74) is -0.384. The van der Waals surface area contributed by atoms with Crippen molar-refractivity contribution in [3.63, 3.8) is 0 Å². The normalized spacial score (nSPS) is 10.0. The predicted octanol–water partition coefficient (Wildman–Crippen LogP) is 4.21. The highest BCUT2D eigenvalue weighted by Gasteiger charge is 2.21. The van der Waals surface area contributed by atoms with E-state index in [0.29, 0.717) is 0 Å². The molecule has 0 fully saturated rings. The summed E-state index contributed by atoms with van der Waals surface area (Å²) in [6.07, 6.45) is 1.25. The van der Waals surface area contributed by atoms with Gasteiger partial charge in [0, 0.05) is 18.3 Å². The Morgan fingerprint density at radius 3 is 2.86 bits per heavy atom. The van der Waals surface area contributed by atoms with Crippen molar-refractivity contribution in [3.8, 4) is 17.7 Å². The van der Waals surface area contributed by atoms with Crippen LogP contribution in [0, 0.1) is 27.3 Å². The number of pyridine rings is 1. The second-order valence-corrected chi connectivity index (χ2v) is 4.91. The van der Waals surface area contributed by atoms with E-state index in [1.54, 1.807) is 0 Å². The number of nitriles is 1. The van der Waals surface area contributed by atoms with E-state index in [-0.39, 0.29) is 26.7 Å². The first-order valence-electron chi connectivity index (χ1n) is 5.30. The molecule has 2 rings (SSSR count). The van der Waals surface area contributed by atoms with Crippen molar-refractivity contribution < 1.29 is 14.1 Å². The van der Waals surface area contributed by atoms with Crippen LogP contribution in [0.5, 0.6) is 11.6 Å². The Bertz CT molecular complexity index is 779. The number of nitrogens with zero attached hydrogens (tertiary/aromatic N) is 3. The summed E-state index contributed by atoms with van der Waals surface area (Å²) in [5, 5.41) is 19.7. The number of benzene rings is 1. The van der Waals surface area contributed by atoms with E-state index < -0.39 is 16.4 Å². The van der Waals surface area contributed by atoms with Crippen molar-refractivity contribution in [1.82, 2.24) is 4.98 Å². The predicted molar refractivity (Wildman–Crippen MR) is 74.8 cm³/mol. The Hall–Kier alpha value is -2.24. The summed E-state index contributed by atoms with van der Waals surface area (Å²) in [4.78, 5) is 14.0.